The van der Waals surface area contributed by atoms with Crippen molar-refractivity contribution in [2.75, 3.05) is 7.11 Å². The number of hydrogen-bond donors (Lipinski definition) is 1. The van der Waals surface area contributed by atoms with E-state index in [2.05, 4.69) is 27.7 Å². The zero-order chi connectivity index (χ0) is 11.0. The van der Waals surface area contributed by atoms with Gasteiger partial charge in [0, 0.05) is 18.4 Å². The van der Waals surface area contributed by atoms with Crippen molar-refractivity contribution in [1.29, 1.82) is 0 Å². The van der Waals surface area contributed by atoms with Gasteiger partial charge in [0.05, 0.1) is 0 Å². The number of ether oxygens (including phenoxy) is 1. The first-order chi connectivity index (χ1) is 7.13. The molecule has 0 aromatic carbocycles. The molecule has 0 radical (unpaired) electrons. The van der Waals surface area contributed by atoms with E-state index in [1.807, 2.05) is 13.8 Å². The number of hydrogen-bond acceptors (Lipinski definition) is 5. The minimum Gasteiger partial charge on any atom is -0.377 e. The molecule has 15 heavy (non-hydrogen) atoms. The summed E-state index contributed by atoms with van der Waals surface area (Å²) in [6.07, 6.45) is 0. The quantitative estimate of drug-likeness (QED) is 0.614. The number of rotatable bonds is 2. The molecule has 0 amide bonds. The van der Waals surface area contributed by atoms with Crippen molar-refractivity contribution in [1.82, 2.24) is 19.6 Å². The van der Waals surface area contributed by atoms with Crippen LogP contribution in [0.4, 0.5) is 0 Å². The molecule has 2 heterocycles. The standard InChI is InChI=1S/C9H12N4OS/c1-5-6(2)10-9-11-7(4-14-3)12-13(9)8(5)15/h15H,4H2,1-3H3. The van der Waals surface area contributed by atoms with Gasteiger partial charge in [0.15, 0.2) is 5.82 Å². The average Bonchev–Trinajstić information content (AvgIpc) is 2.58. The van der Waals surface area contributed by atoms with E-state index in [4.69, 9.17) is 4.74 Å². The Labute approximate surface area is 92.9 Å². The largest absolute Gasteiger partial charge is 0.377 e. The Hall–Kier alpha value is -1.14. The van der Waals surface area contributed by atoms with Crippen LogP contribution >= 0.6 is 12.6 Å². The fourth-order valence-corrected chi connectivity index (χ4v) is 1.60. The fourth-order valence-electron chi connectivity index (χ4n) is 1.30. The summed E-state index contributed by atoms with van der Waals surface area (Å²) < 4.78 is 6.59. The van der Waals surface area contributed by atoms with Crippen LogP contribution in [0.5, 0.6) is 0 Å². The molecule has 2 rings (SSSR count). The Morgan fingerprint density at radius 3 is 2.73 bits per heavy atom. The van der Waals surface area contributed by atoms with E-state index in [1.165, 1.54) is 0 Å². The van der Waals surface area contributed by atoms with Crippen LogP contribution in [0.1, 0.15) is 17.1 Å². The Kier molecular flexibility index (Phi) is 2.62. The number of aromatic nitrogens is 4. The smallest absolute Gasteiger partial charge is 0.253 e. The maximum absolute atomic E-state index is 4.97. The molecule has 0 spiro atoms. The Morgan fingerprint density at radius 2 is 2.07 bits per heavy atom. The van der Waals surface area contributed by atoms with E-state index in [0.717, 1.165) is 16.3 Å². The van der Waals surface area contributed by atoms with Gasteiger partial charge in [-0.15, -0.1) is 17.7 Å². The van der Waals surface area contributed by atoms with Gasteiger partial charge in [-0.05, 0) is 13.8 Å². The molecule has 80 valence electrons. The number of thiol groups is 1. The third-order valence-electron chi connectivity index (χ3n) is 2.25. The minimum absolute atomic E-state index is 0.384. The maximum atomic E-state index is 4.97. The molecule has 2 aromatic heterocycles. The van der Waals surface area contributed by atoms with Crippen molar-refractivity contribution in [2.24, 2.45) is 0 Å². The van der Waals surface area contributed by atoms with Crippen LogP contribution in [0, 0.1) is 13.8 Å². The van der Waals surface area contributed by atoms with E-state index < -0.39 is 0 Å². The third-order valence-corrected chi connectivity index (χ3v) is 2.78. The zero-order valence-corrected chi connectivity index (χ0v) is 9.75. The van der Waals surface area contributed by atoms with Crippen LogP contribution in [-0.4, -0.2) is 26.7 Å². The Bertz CT molecular complexity index is 508. The second kappa shape index (κ2) is 3.79. The number of methoxy groups -OCH3 is 1. The number of fused-ring (bicyclic) bond motifs is 1. The second-order valence-electron chi connectivity index (χ2n) is 3.32. The lowest BCUT2D eigenvalue weighted by molar-refractivity contribution is 0.178. The van der Waals surface area contributed by atoms with Gasteiger partial charge in [0.2, 0.25) is 0 Å². The molecule has 0 atom stereocenters. The van der Waals surface area contributed by atoms with Gasteiger partial charge in [-0.2, -0.15) is 9.50 Å². The van der Waals surface area contributed by atoms with Gasteiger partial charge in [-0.1, -0.05) is 0 Å². The monoisotopic (exact) mass is 224 g/mol. The molecule has 0 saturated carbocycles. The Balaban J connectivity index is 2.65. The molecule has 0 aliphatic rings. The molecule has 2 aromatic rings. The first-order valence-electron chi connectivity index (χ1n) is 4.54. The topological polar surface area (TPSA) is 52.3 Å². The Morgan fingerprint density at radius 1 is 1.33 bits per heavy atom. The predicted molar refractivity (Wildman–Crippen MR) is 58.2 cm³/mol. The van der Waals surface area contributed by atoms with Crippen molar-refractivity contribution >= 4 is 18.4 Å². The van der Waals surface area contributed by atoms with Gasteiger partial charge in [-0.3, -0.25) is 0 Å². The van der Waals surface area contributed by atoms with Crippen LogP contribution in [-0.2, 0) is 11.3 Å². The molecule has 0 aliphatic carbocycles. The molecule has 0 unspecified atom stereocenters. The second-order valence-corrected chi connectivity index (χ2v) is 3.74. The SMILES string of the molecule is COCc1nc2nc(C)c(C)c(S)n2n1. The summed E-state index contributed by atoms with van der Waals surface area (Å²) >= 11 is 4.39. The highest BCUT2D eigenvalue weighted by molar-refractivity contribution is 7.80. The summed E-state index contributed by atoms with van der Waals surface area (Å²) in [5, 5.41) is 5.02. The molecular formula is C9H12N4OS. The molecule has 5 nitrogen and oxygen atoms in total. The van der Waals surface area contributed by atoms with E-state index in [1.54, 1.807) is 11.6 Å². The fraction of sp³-hybridized carbons (Fsp3) is 0.444. The average molecular weight is 224 g/mol. The van der Waals surface area contributed by atoms with E-state index in [9.17, 15) is 0 Å². The van der Waals surface area contributed by atoms with Crippen LogP contribution in [0.25, 0.3) is 5.78 Å². The lowest BCUT2D eigenvalue weighted by Gasteiger charge is -2.03. The molecule has 0 saturated heterocycles. The molecule has 0 bridgehead atoms. The molecule has 6 heteroatoms. The number of aryl methyl sites for hydroxylation is 1. The van der Waals surface area contributed by atoms with Gasteiger partial charge in [0.1, 0.15) is 11.6 Å². The van der Waals surface area contributed by atoms with E-state index >= 15 is 0 Å². The highest BCUT2D eigenvalue weighted by Crippen LogP contribution is 2.16. The van der Waals surface area contributed by atoms with Crippen molar-refractivity contribution in [3.8, 4) is 0 Å². The third kappa shape index (κ3) is 1.70. The summed E-state index contributed by atoms with van der Waals surface area (Å²) in [4.78, 5) is 8.56. The van der Waals surface area contributed by atoms with E-state index in [0.29, 0.717) is 18.2 Å². The highest BCUT2D eigenvalue weighted by Gasteiger charge is 2.10. The van der Waals surface area contributed by atoms with Crippen LogP contribution in [0.3, 0.4) is 0 Å². The zero-order valence-electron chi connectivity index (χ0n) is 8.85. The van der Waals surface area contributed by atoms with Crippen LogP contribution in [0.2, 0.25) is 0 Å². The van der Waals surface area contributed by atoms with Crippen LogP contribution < -0.4 is 0 Å². The molecule has 0 fully saturated rings. The van der Waals surface area contributed by atoms with Crippen molar-refractivity contribution in [3.63, 3.8) is 0 Å². The highest BCUT2D eigenvalue weighted by atomic mass is 32.1. The van der Waals surface area contributed by atoms with Crippen molar-refractivity contribution in [3.05, 3.63) is 17.1 Å². The first kappa shape index (κ1) is 10.4. The van der Waals surface area contributed by atoms with Crippen LogP contribution in [0.15, 0.2) is 5.03 Å². The van der Waals surface area contributed by atoms with Gasteiger partial charge < -0.3 is 4.74 Å². The summed E-state index contributed by atoms with van der Waals surface area (Å²) in [6, 6.07) is 0. The molecule has 0 aliphatic heterocycles. The summed E-state index contributed by atoms with van der Waals surface area (Å²) in [7, 11) is 1.61. The molecule has 0 N–H and O–H groups in total. The maximum Gasteiger partial charge on any atom is 0.253 e. The number of nitrogens with zero attached hydrogens (tertiary/aromatic N) is 4. The molecular weight excluding hydrogens is 212 g/mol. The first-order valence-corrected chi connectivity index (χ1v) is 4.99. The lowest BCUT2D eigenvalue weighted by Crippen LogP contribution is -2.00. The lowest BCUT2D eigenvalue weighted by atomic mass is 10.3. The van der Waals surface area contributed by atoms with Crippen molar-refractivity contribution < 1.29 is 4.74 Å². The summed E-state index contributed by atoms with van der Waals surface area (Å²) in [6.45, 7) is 4.27. The van der Waals surface area contributed by atoms with E-state index in [-0.39, 0.29) is 0 Å². The predicted octanol–water partition coefficient (Wildman–Crippen LogP) is 1.18. The van der Waals surface area contributed by atoms with Gasteiger partial charge >= 0.3 is 0 Å². The van der Waals surface area contributed by atoms with Gasteiger partial charge in [-0.25, -0.2) is 4.98 Å². The normalized spacial score (nSPS) is 11.2. The van der Waals surface area contributed by atoms with Gasteiger partial charge in [0.25, 0.3) is 5.78 Å². The van der Waals surface area contributed by atoms with Crippen molar-refractivity contribution in [2.45, 2.75) is 25.5 Å². The summed E-state index contributed by atoms with van der Waals surface area (Å²) in [5.41, 5.74) is 1.93. The summed E-state index contributed by atoms with van der Waals surface area (Å²) in [5.74, 6) is 1.18. The minimum atomic E-state index is 0.384.